The van der Waals surface area contributed by atoms with Gasteiger partial charge < -0.3 is 10.5 Å². The highest BCUT2D eigenvalue weighted by Crippen LogP contribution is 2.19. The van der Waals surface area contributed by atoms with Crippen molar-refractivity contribution in [1.29, 1.82) is 5.26 Å². The van der Waals surface area contributed by atoms with Crippen molar-refractivity contribution >= 4 is 5.82 Å². The van der Waals surface area contributed by atoms with Crippen LogP contribution in [0, 0.1) is 17.2 Å². The molecule has 4 nitrogen and oxygen atoms in total. The second kappa shape index (κ2) is 3.64. The molecule has 0 aliphatic carbocycles. The Bertz CT molecular complexity index is 379. The van der Waals surface area contributed by atoms with Crippen molar-refractivity contribution in [2.75, 3.05) is 18.9 Å². The zero-order chi connectivity index (χ0) is 9.97. The van der Waals surface area contributed by atoms with Crippen LogP contribution in [-0.2, 0) is 11.2 Å². The molecule has 0 amide bonds. The number of ether oxygens (including phenoxy) is 1. The number of nitriles is 1. The first-order chi connectivity index (χ1) is 6.79. The zero-order valence-electron chi connectivity index (χ0n) is 7.73. The number of nitrogens with two attached hydrogens (primary N) is 1. The van der Waals surface area contributed by atoms with E-state index in [9.17, 15) is 0 Å². The number of hydrogen-bond donors (Lipinski definition) is 1. The Hall–Kier alpha value is -1.60. The molecule has 2 rings (SSSR count). The Kier molecular flexibility index (Phi) is 2.33. The van der Waals surface area contributed by atoms with Crippen LogP contribution in [-0.4, -0.2) is 18.2 Å². The van der Waals surface area contributed by atoms with Crippen LogP contribution in [0.1, 0.15) is 11.1 Å². The normalized spacial score (nSPS) is 15.9. The molecular formula is C10H11N3O. The van der Waals surface area contributed by atoms with Crippen LogP contribution in [0.25, 0.3) is 0 Å². The van der Waals surface area contributed by atoms with Gasteiger partial charge in [0.1, 0.15) is 11.9 Å². The maximum Gasteiger partial charge on any atom is 0.123 e. The van der Waals surface area contributed by atoms with Crippen LogP contribution in [0.15, 0.2) is 12.3 Å². The van der Waals surface area contributed by atoms with E-state index in [4.69, 9.17) is 15.7 Å². The minimum atomic E-state index is 0.472. The number of rotatable bonds is 2. The Labute approximate surface area is 82.3 Å². The summed E-state index contributed by atoms with van der Waals surface area (Å²) in [7, 11) is 0. The quantitative estimate of drug-likeness (QED) is 0.744. The average Bonchev–Trinajstić information content (AvgIpc) is 2.12. The highest BCUT2D eigenvalue weighted by Gasteiger charge is 2.20. The van der Waals surface area contributed by atoms with Gasteiger partial charge in [-0.2, -0.15) is 5.26 Å². The molecule has 0 bridgehead atoms. The van der Waals surface area contributed by atoms with Crippen molar-refractivity contribution in [2.24, 2.45) is 5.92 Å². The van der Waals surface area contributed by atoms with Crippen LogP contribution in [0.2, 0.25) is 0 Å². The van der Waals surface area contributed by atoms with Crippen LogP contribution in [0.5, 0.6) is 0 Å². The lowest BCUT2D eigenvalue weighted by Crippen LogP contribution is -2.29. The van der Waals surface area contributed by atoms with Gasteiger partial charge in [0.25, 0.3) is 0 Å². The largest absolute Gasteiger partial charge is 0.384 e. The standard InChI is InChI=1S/C10H11N3O/c11-3-9-4-13-10(12)2-8(9)1-7-5-14-6-7/h2,4,7H,1,5-6H2,(H2,12,13). The lowest BCUT2D eigenvalue weighted by molar-refractivity contribution is -0.0312. The summed E-state index contributed by atoms with van der Waals surface area (Å²) in [4.78, 5) is 3.89. The van der Waals surface area contributed by atoms with Gasteiger partial charge in [0.2, 0.25) is 0 Å². The SMILES string of the molecule is N#Cc1cnc(N)cc1CC1COC1. The van der Waals surface area contributed by atoms with E-state index in [0.717, 1.165) is 25.2 Å². The van der Waals surface area contributed by atoms with Crippen LogP contribution in [0.4, 0.5) is 5.82 Å². The highest BCUT2D eigenvalue weighted by atomic mass is 16.5. The van der Waals surface area contributed by atoms with E-state index in [1.165, 1.54) is 6.20 Å². The summed E-state index contributed by atoms with van der Waals surface area (Å²) in [5, 5.41) is 8.85. The molecular weight excluding hydrogens is 178 g/mol. The Morgan fingerprint density at radius 3 is 3.00 bits per heavy atom. The van der Waals surface area contributed by atoms with Gasteiger partial charge in [0, 0.05) is 12.1 Å². The van der Waals surface area contributed by atoms with E-state index in [2.05, 4.69) is 11.1 Å². The van der Waals surface area contributed by atoms with Crippen molar-refractivity contribution in [2.45, 2.75) is 6.42 Å². The van der Waals surface area contributed by atoms with Crippen LogP contribution >= 0.6 is 0 Å². The minimum Gasteiger partial charge on any atom is -0.384 e. The topological polar surface area (TPSA) is 71.9 Å². The van der Waals surface area contributed by atoms with E-state index in [0.29, 0.717) is 17.3 Å². The van der Waals surface area contributed by atoms with Crippen LogP contribution in [0.3, 0.4) is 0 Å². The number of pyridine rings is 1. The molecule has 0 radical (unpaired) electrons. The van der Waals surface area contributed by atoms with Crippen molar-refractivity contribution in [3.63, 3.8) is 0 Å². The van der Waals surface area contributed by atoms with Crippen molar-refractivity contribution < 1.29 is 4.74 Å². The van der Waals surface area contributed by atoms with Crippen LogP contribution < -0.4 is 5.73 Å². The number of aromatic nitrogens is 1. The molecule has 0 aromatic carbocycles. The molecule has 1 aromatic rings. The van der Waals surface area contributed by atoms with E-state index >= 15 is 0 Å². The lowest BCUT2D eigenvalue weighted by Gasteiger charge is -2.26. The molecule has 2 N–H and O–H groups in total. The third-order valence-corrected chi connectivity index (χ3v) is 2.35. The van der Waals surface area contributed by atoms with Gasteiger partial charge in [-0.05, 0) is 18.1 Å². The maximum absolute atomic E-state index is 8.85. The number of nitrogen functional groups attached to an aromatic ring is 1. The first-order valence-corrected chi connectivity index (χ1v) is 4.52. The fourth-order valence-electron chi connectivity index (χ4n) is 1.50. The fourth-order valence-corrected chi connectivity index (χ4v) is 1.50. The first kappa shape index (κ1) is 8.97. The maximum atomic E-state index is 8.85. The summed E-state index contributed by atoms with van der Waals surface area (Å²) in [5.74, 6) is 1.00. The predicted molar refractivity (Wildman–Crippen MR) is 51.4 cm³/mol. The molecule has 1 aliphatic rings. The minimum absolute atomic E-state index is 0.472. The summed E-state index contributed by atoms with van der Waals surface area (Å²) in [5.41, 5.74) is 7.16. The summed E-state index contributed by atoms with van der Waals surface area (Å²) in [6.07, 6.45) is 2.39. The third kappa shape index (κ3) is 1.68. The monoisotopic (exact) mass is 189 g/mol. The zero-order valence-corrected chi connectivity index (χ0v) is 7.73. The molecule has 0 atom stereocenters. The Morgan fingerprint density at radius 1 is 1.64 bits per heavy atom. The highest BCUT2D eigenvalue weighted by molar-refractivity contribution is 5.43. The van der Waals surface area contributed by atoms with Crippen molar-refractivity contribution in [3.05, 3.63) is 23.4 Å². The fraction of sp³-hybridized carbons (Fsp3) is 0.400. The van der Waals surface area contributed by atoms with E-state index in [-0.39, 0.29) is 0 Å². The van der Waals surface area contributed by atoms with Gasteiger partial charge in [-0.1, -0.05) is 0 Å². The second-order valence-corrected chi connectivity index (χ2v) is 3.49. The number of nitrogens with zero attached hydrogens (tertiary/aromatic N) is 2. The van der Waals surface area contributed by atoms with E-state index in [1.54, 1.807) is 6.07 Å². The molecule has 1 aliphatic heterocycles. The third-order valence-electron chi connectivity index (χ3n) is 2.35. The van der Waals surface area contributed by atoms with Crippen molar-refractivity contribution in [1.82, 2.24) is 4.98 Å². The molecule has 2 heterocycles. The predicted octanol–water partition coefficient (Wildman–Crippen LogP) is 0.724. The molecule has 14 heavy (non-hydrogen) atoms. The summed E-state index contributed by atoms with van der Waals surface area (Å²) >= 11 is 0. The van der Waals surface area contributed by atoms with Crippen molar-refractivity contribution in [3.8, 4) is 6.07 Å². The Balaban J connectivity index is 2.21. The molecule has 1 saturated heterocycles. The molecule has 0 unspecified atom stereocenters. The van der Waals surface area contributed by atoms with E-state index < -0.39 is 0 Å². The number of hydrogen-bond acceptors (Lipinski definition) is 4. The second-order valence-electron chi connectivity index (χ2n) is 3.49. The summed E-state index contributed by atoms with van der Waals surface area (Å²) < 4.78 is 5.08. The molecule has 1 aromatic heterocycles. The van der Waals surface area contributed by atoms with E-state index in [1.807, 2.05) is 0 Å². The summed E-state index contributed by atoms with van der Waals surface area (Å²) in [6.45, 7) is 1.57. The first-order valence-electron chi connectivity index (χ1n) is 4.52. The van der Waals surface area contributed by atoms with Gasteiger partial charge >= 0.3 is 0 Å². The van der Waals surface area contributed by atoms with Gasteiger partial charge in [-0.15, -0.1) is 0 Å². The van der Waals surface area contributed by atoms with Gasteiger partial charge in [0.05, 0.1) is 18.8 Å². The molecule has 0 spiro atoms. The molecule has 1 fully saturated rings. The van der Waals surface area contributed by atoms with Gasteiger partial charge in [-0.25, -0.2) is 4.98 Å². The average molecular weight is 189 g/mol. The summed E-state index contributed by atoms with van der Waals surface area (Å²) in [6, 6.07) is 3.89. The van der Waals surface area contributed by atoms with Gasteiger partial charge in [0.15, 0.2) is 0 Å². The number of anilines is 1. The van der Waals surface area contributed by atoms with Gasteiger partial charge in [-0.3, -0.25) is 0 Å². The Morgan fingerprint density at radius 2 is 2.43 bits per heavy atom. The molecule has 0 saturated carbocycles. The molecule has 4 heteroatoms. The lowest BCUT2D eigenvalue weighted by atomic mass is 9.96. The molecule has 72 valence electrons. The smallest absolute Gasteiger partial charge is 0.123 e.